The summed E-state index contributed by atoms with van der Waals surface area (Å²) in [6, 6.07) is 0.596. The van der Waals surface area contributed by atoms with Crippen molar-refractivity contribution < 1.29 is 0 Å². The summed E-state index contributed by atoms with van der Waals surface area (Å²) >= 11 is 0. The summed E-state index contributed by atoms with van der Waals surface area (Å²) in [6.45, 7) is 0. The van der Waals surface area contributed by atoms with Crippen LogP contribution in [0.4, 0.5) is 0 Å². The molecule has 1 saturated carbocycles. The maximum absolute atomic E-state index is 4.33. The van der Waals surface area contributed by atoms with E-state index in [-0.39, 0.29) is 0 Å². The van der Waals surface area contributed by atoms with Crippen molar-refractivity contribution in [3.8, 4) is 0 Å². The third kappa shape index (κ3) is 1.50. The monoisotopic (exact) mass is 202 g/mol. The topological polar surface area (TPSA) is 43.6 Å². The van der Waals surface area contributed by atoms with Crippen LogP contribution in [0.15, 0.2) is 18.9 Å². The van der Waals surface area contributed by atoms with E-state index in [4.69, 9.17) is 0 Å². The molecule has 0 unspecified atom stereocenters. The van der Waals surface area contributed by atoms with Crippen LogP contribution in [0.1, 0.15) is 38.1 Å². The Morgan fingerprint density at radius 2 is 2.00 bits per heavy atom. The molecule has 0 N–H and O–H groups in total. The number of hydrogen-bond donors (Lipinski definition) is 0. The molecule has 1 fully saturated rings. The van der Waals surface area contributed by atoms with Crippen LogP contribution in [0, 0.1) is 0 Å². The quantitative estimate of drug-likeness (QED) is 0.712. The number of hydrogen-bond acceptors (Lipinski definition) is 3. The Kier molecular flexibility index (Phi) is 2.12. The zero-order valence-corrected chi connectivity index (χ0v) is 8.63. The second-order valence-electron chi connectivity index (χ2n) is 4.18. The lowest BCUT2D eigenvalue weighted by molar-refractivity contribution is 0.358. The highest BCUT2D eigenvalue weighted by Crippen LogP contribution is 2.29. The van der Waals surface area contributed by atoms with Crippen LogP contribution >= 0.6 is 0 Å². The molecule has 3 rings (SSSR count). The van der Waals surface area contributed by atoms with Crippen LogP contribution in [-0.4, -0.2) is 19.5 Å². The maximum atomic E-state index is 4.33. The Morgan fingerprint density at radius 1 is 1.13 bits per heavy atom. The summed E-state index contributed by atoms with van der Waals surface area (Å²) in [6.07, 6.45) is 11.8. The number of nitrogens with zero attached hydrogens (tertiary/aromatic N) is 4. The van der Waals surface area contributed by atoms with Crippen molar-refractivity contribution in [1.29, 1.82) is 0 Å². The van der Waals surface area contributed by atoms with Crippen molar-refractivity contribution in [2.45, 2.75) is 38.1 Å². The van der Waals surface area contributed by atoms with Crippen molar-refractivity contribution in [3.05, 3.63) is 18.9 Å². The molecule has 1 aliphatic rings. The fourth-order valence-corrected chi connectivity index (χ4v) is 2.41. The van der Waals surface area contributed by atoms with Gasteiger partial charge in [-0.1, -0.05) is 19.3 Å². The highest BCUT2D eigenvalue weighted by Gasteiger charge is 2.17. The number of rotatable bonds is 1. The van der Waals surface area contributed by atoms with Crippen molar-refractivity contribution in [1.82, 2.24) is 19.5 Å². The molecule has 15 heavy (non-hydrogen) atoms. The van der Waals surface area contributed by atoms with Crippen molar-refractivity contribution in [3.63, 3.8) is 0 Å². The van der Waals surface area contributed by atoms with E-state index in [2.05, 4.69) is 19.5 Å². The molecule has 78 valence electrons. The summed E-state index contributed by atoms with van der Waals surface area (Å²) in [4.78, 5) is 12.6. The number of fused-ring (bicyclic) bond motifs is 1. The Morgan fingerprint density at radius 3 is 2.87 bits per heavy atom. The molecule has 0 atom stereocenters. The van der Waals surface area contributed by atoms with Gasteiger partial charge in [0.15, 0.2) is 5.65 Å². The third-order valence-corrected chi connectivity index (χ3v) is 3.21. The minimum Gasteiger partial charge on any atom is -0.312 e. The minimum absolute atomic E-state index is 0.596. The molecule has 4 heteroatoms. The summed E-state index contributed by atoms with van der Waals surface area (Å²) in [5.74, 6) is 0. The maximum Gasteiger partial charge on any atom is 0.163 e. The molecule has 0 aliphatic heterocycles. The lowest BCUT2D eigenvalue weighted by Gasteiger charge is -2.22. The first kappa shape index (κ1) is 8.83. The Labute approximate surface area is 88.4 Å². The molecule has 0 saturated heterocycles. The predicted molar refractivity (Wildman–Crippen MR) is 57.4 cm³/mol. The first-order valence-corrected chi connectivity index (χ1v) is 5.58. The van der Waals surface area contributed by atoms with Crippen molar-refractivity contribution in [2.24, 2.45) is 0 Å². The van der Waals surface area contributed by atoms with E-state index in [1.165, 1.54) is 32.1 Å². The van der Waals surface area contributed by atoms with Crippen LogP contribution in [0.5, 0.6) is 0 Å². The fourth-order valence-electron chi connectivity index (χ4n) is 2.41. The normalized spacial score (nSPS) is 18.4. The van der Waals surface area contributed by atoms with E-state index in [9.17, 15) is 0 Å². The van der Waals surface area contributed by atoms with Gasteiger partial charge in [-0.2, -0.15) is 0 Å². The summed E-state index contributed by atoms with van der Waals surface area (Å²) in [5.41, 5.74) is 1.89. The molecular formula is C11H14N4. The predicted octanol–water partition coefficient (Wildman–Crippen LogP) is 2.33. The molecule has 2 heterocycles. The van der Waals surface area contributed by atoms with Crippen LogP contribution < -0.4 is 0 Å². The van der Waals surface area contributed by atoms with Crippen LogP contribution in [0.3, 0.4) is 0 Å². The SMILES string of the molecule is c1ncc2ncn(C3CCCCC3)c2n1. The van der Waals surface area contributed by atoms with Crippen molar-refractivity contribution >= 4 is 11.2 Å². The van der Waals surface area contributed by atoms with E-state index >= 15 is 0 Å². The lowest BCUT2D eigenvalue weighted by Crippen LogP contribution is -2.12. The van der Waals surface area contributed by atoms with Crippen LogP contribution in [0.25, 0.3) is 11.2 Å². The number of aromatic nitrogens is 4. The molecule has 2 aromatic rings. The smallest absolute Gasteiger partial charge is 0.163 e. The zero-order chi connectivity index (χ0) is 10.1. The van der Waals surface area contributed by atoms with Gasteiger partial charge in [0.1, 0.15) is 11.8 Å². The third-order valence-electron chi connectivity index (χ3n) is 3.21. The van der Waals surface area contributed by atoms with Gasteiger partial charge in [-0.05, 0) is 12.8 Å². The largest absolute Gasteiger partial charge is 0.312 e. The summed E-state index contributed by atoms with van der Waals surface area (Å²) in [5, 5.41) is 0. The van der Waals surface area contributed by atoms with E-state index in [0.717, 1.165) is 11.2 Å². The zero-order valence-electron chi connectivity index (χ0n) is 8.63. The van der Waals surface area contributed by atoms with Crippen LogP contribution in [0.2, 0.25) is 0 Å². The standard InChI is InChI=1S/C11H14N4/c1-2-4-9(5-3-1)15-8-14-10-6-12-7-13-11(10)15/h6-9H,1-5H2. The highest BCUT2D eigenvalue weighted by atomic mass is 15.1. The molecule has 0 radical (unpaired) electrons. The van der Waals surface area contributed by atoms with E-state index in [0.29, 0.717) is 6.04 Å². The molecule has 0 spiro atoms. The lowest BCUT2D eigenvalue weighted by atomic mass is 9.95. The van der Waals surface area contributed by atoms with Crippen molar-refractivity contribution in [2.75, 3.05) is 0 Å². The van der Waals surface area contributed by atoms with Gasteiger partial charge in [-0.25, -0.2) is 15.0 Å². The molecule has 2 aromatic heterocycles. The molecule has 0 aromatic carbocycles. The summed E-state index contributed by atoms with van der Waals surface area (Å²) in [7, 11) is 0. The van der Waals surface area contributed by atoms with Gasteiger partial charge in [0, 0.05) is 6.04 Å². The van der Waals surface area contributed by atoms with E-state index in [1.807, 2.05) is 6.33 Å². The minimum atomic E-state index is 0.596. The molecule has 0 bridgehead atoms. The molecule has 4 nitrogen and oxygen atoms in total. The van der Waals surface area contributed by atoms with Gasteiger partial charge in [0.2, 0.25) is 0 Å². The summed E-state index contributed by atoms with van der Waals surface area (Å²) < 4.78 is 2.22. The van der Waals surface area contributed by atoms with Gasteiger partial charge in [-0.3, -0.25) is 0 Å². The fraction of sp³-hybridized carbons (Fsp3) is 0.545. The van der Waals surface area contributed by atoms with Gasteiger partial charge < -0.3 is 4.57 Å². The van der Waals surface area contributed by atoms with Gasteiger partial charge in [0.25, 0.3) is 0 Å². The Hall–Kier alpha value is -1.45. The van der Waals surface area contributed by atoms with E-state index in [1.54, 1.807) is 12.5 Å². The van der Waals surface area contributed by atoms with Gasteiger partial charge in [-0.15, -0.1) is 0 Å². The van der Waals surface area contributed by atoms with Gasteiger partial charge in [0.05, 0.1) is 12.5 Å². The second kappa shape index (κ2) is 3.61. The second-order valence-corrected chi connectivity index (χ2v) is 4.18. The Balaban J connectivity index is 2.02. The Bertz CT molecular complexity index is 456. The molecule has 0 amide bonds. The first-order chi connectivity index (χ1) is 7.45. The molecular weight excluding hydrogens is 188 g/mol. The number of imidazole rings is 1. The van der Waals surface area contributed by atoms with Crippen LogP contribution in [-0.2, 0) is 0 Å². The average molecular weight is 202 g/mol. The van der Waals surface area contributed by atoms with E-state index < -0.39 is 0 Å². The molecule has 1 aliphatic carbocycles. The van der Waals surface area contributed by atoms with Gasteiger partial charge >= 0.3 is 0 Å². The highest BCUT2D eigenvalue weighted by molar-refractivity contribution is 5.68. The first-order valence-electron chi connectivity index (χ1n) is 5.58. The average Bonchev–Trinajstić information content (AvgIpc) is 2.74.